The molecule has 1 aromatic rings. The summed E-state index contributed by atoms with van der Waals surface area (Å²) in [5, 5.41) is 8.96. The second-order valence-corrected chi connectivity index (χ2v) is 8.21. The Morgan fingerprint density at radius 1 is 1.38 bits per heavy atom. The summed E-state index contributed by atoms with van der Waals surface area (Å²) in [4.78, 5) is 11.1. The number of sulfonamides is 1. The van der Waals surface area contributed by atoms with Crippen molar-refractivity contribution in [2.24, 2.45) is 0 Å². The first-order valence-electron chi connectivity index (χ1n) is 6.03. The first-order valence-corrected chi connectivity index (χ1v) is 9.06. The Labute approximate surface area is 139 Å². The Kier molecular flexibility index (Phi) is 5.09. The Morgan fingerprint density at radius 3 is 2.67 bits per heavy atom. The van der Waals surface area contributed by atoms with Gasteiger partial charge in [0.25, 0.3) is 0 Å². The molecule has 116 valence electrons. The maximum absolute atomic E-state index is 12.7. The second-order valence-electron chi connectivity index (χ2n) is 4.59. The number of carbonyl (C=O) groups is 1. The largest absolute Gasteiger partial charge is 0.479 e. The van der Waals surface area contributed by atoms with Crippen LogP contribution < -0.4 is 0 Å². The van der Waals surface area contributed by atoms with Crippen molar-refractivity contribution in [3.05, 3.63) is 26.6 Å². The van der Waals surface area contributed by atoms with Crippen LogP contribution in [0.4, 0.5) is 0 Å². The minimum atomic E-state index is -3.79. The maximum atomic E-state index is 12.7. The van der Waals surface area contributed by atoms with Crippen LogP contribution in [0.25, 0.3) is 0 Å². The molecule has 1 fully saturated rings. The van der Waals surface area contributed by atoms with Crippen LogP contribution in [0.1, 0.15) is 5.56 Å². The second kappa shape index (κ2) is 6.33. The third-order valence-corrected chi connectivity index (χ3v) is 6.81. The number of benzene rings is 1. The fraction of sp³-hybridized carbons (Fsp3) is 0.417. The molecule has 0 bridgehead atoms. The van der Waals surface area contributed by atoms with E-state index in [4.69, 9.17) is 9.84 Å². The molecule has 0 aromatic heterocycles. The lowest BCUT2D eigenvalue weighted by molar-refractivity contribution is -0.153. The number of morpholine rings is 1. The van der Waals surface area contributed by atoms with Crippen LogP contribution in [-0.4, -0.2) is 49.6 Å². The number of hydrogen-bond donors (Lipinski definition) is 1. The van der Waals surface area contributed by atoms with Gasteiger partial charge in [-0.2, -0.15) is 4.31 Å². The van der Waals surface area contributed by atoms with E-state index in [-0.39, 0.29) is 24.6 Å². The Bertz CT molecular complexity index is 676. The van der Waals surface area contributed by atoms with Gasteiger partial charge in [0.2, 0.25) is 10.0 Å². The van der Waals surface area contributed by atoms with Crippen molar-refractivity contribution in [2.45, 2.75) is 17.9 Å². The highest BCUT2D eigenvalue weighted by Gasteiger charge is 2.35. The van der Waals surface area contributed by atoms with Gasteiger partial charge >= 0.3 is 5.97 Å². The molecule has 6 nitrogen and oxygen atoms in total. The number of carboxylic acids is 1. The van der Waals surface area contributed by atoms with Gasteiger partial charge < -0.3 is 9.84 Å². The van der Waals surface area contributed by atoms with Crippen molar-refractivity contribution in [3.63, 3.8) is 0 Å². The number of halogens is 2. The number of rotatable bonds is 3. The van der Waals surface area contributed by atoms with Crippen LogP contribution in [0.5, 0.6) is 0 Å². The quantitative estimate of drug-likeness (QED) is 0.773. The third kappa shape index (κ3) is 3.48. The first-order chi connectivity index (χ1) is 9.73. The van der Waals surface area contributed by atoms with E-state index in [2.05, 4.69) is 31.9 Å². The molecule has 0 radical (unpaired) electrons. The molecule has 0 spiro atoms. The van der Waals surface area contributed by atoms with Gasteiger partial charge in [-0.3, -0.25) is 0 Å². The minimum absolute atomic E-state index is 0.0564. The minimum Gasteiger partial charge on any atom is -0.479 e. The van der Waals surface area contributed by atoms with Gasteiger partial charge in [0.05, 0.1) is 18.0 Å². The van der Waals surface area contributed by atoms with E-state index >= 15 is 0 Å². The summed E-state index contributed by atoms with van der Waals surface area (Å²) in [6, 6.07) is 3.21. The van der Waals surface area contributed by atoms with Gasteiger partial charge in [0, 0.05) is 15.5 Å². The maximum Gasteiger partial charge on any atom is 0.334 e. The summed E-state index contributed by atoms with van der Waals surface area (Å²) in [5.41, 5.74) is 0.895. The van der Waals surface area contributed by atoms with Gasteiger partial charge in [-0.25, -0.2) is 13.2 Å². The van der Waals surface area contributed by atoms with Crippen molar-refractivity contribution < 1.29 is 23.1 Å². The molecule has 1 N–H and O–H groups in total. The summed E-state index contributed by atoms with van der Waals surface area (Å²) < 4.78 is 32.6. The smallest absolute Gasteiger partial charge is 0.334 e. The average molecular weight is 443 g/mol. The van der Waals surface area contributed by atoms with Gasteiger partial charge in [-0.1, -0.05) is 15.9 Å². The van der Waals surface area contributed by atoms with E-state index in [9.17, 15) is 13.2 Å². The van der Waals surface area contributed by atoms with Crippen molar-refractivity contribution in [3.8, 4) is 0 Å². The fourth-order valence-electron chi connectivity index (χ4n) is 1.96. The summed E-state index contributed by atoms with van der Waals surface area (Å²) in [5.74, 6) is -1.17. The van der Waals surface area contributed by atoms with E-state index in [0.717, 1.165) is 9.87 Å². The molecule has 9 heteroatoms. The molecule has 0 aliphatic carbocycles. The molecule has 1 aromatic carbocycles. The van der Waals surface area contributed by atoms with Crippen LogP contribution >= 0.6 is 31.9 Å². The molecule has 1 aliphatic rings. The highest BCUT2D eigenvalue weighted by molar-refractivity contribution is 9.11. The zero-order chi connectivity index (χ0) is 15.8. The summed E-state index contributed by atoms with van der Waals surface area (Å²) in [6.07, 6.45) is -1.14. The van der Waals surface area contributed by atoms with Crippen molar-refractivity contribution in [1.29, 1.82) is 0 Å². The molecule has 2 rings (SSSR count). The van der Waals surface area contributed by atoms with E-state index < -0.39 is 22.1 Å². The van der Waals surface area contributed by atoms with Crippen LogP contribution in [0.15, 0.2) is 26.0 Å². The molecule has 1 atom stereocenters. The molecule has 1 saturated heterocycles. The molecule has 0 saturated carbocycles. The van der Waals surface area contributed by atoms with E-state index in [1.54, 1.807) is 6.07 Å². The normalized spacial score (nSPS) is 20.4. The lowest BCUT2D eigenvalue weighted by atomic mass is 10.2. The van der Waals surface area contributed by atoms with E-state index in [0.29, 0.717) is 8.95 Å². The SMILES string of the molecule is Cc1cc(Br)c(S(=O)(=O)N2CCOC(C(=O)O)C2)cc1Br. The predicted octanol–water partition coefficient (Wildman–Crippen LogP) is 1.99. The average Bonchev–Trinajstić information content (AvgIpc) is 2.42. The Morgan fingerprint density at radius 2 is 2.05 bits per heavy atom. The third-order valence-electron chi connectivity index (χ3n) is 3.14. The summed E-state index contributed by atoms with van der Waals surface area (Å²) >= 11 is 6.56. The molecule has 1 heterocycles. The lowest BCUT2D eigenvalue weighted by Gasteiger charge is -2.30. The summed E-state index contributed by atoms with van der Waals surface area (Å²) in [6.45, 7) is 1.83. The standard InChI is InChI=1S/C12H13Br2NO5S/c1-7-4-9(14)11(5-8(7)13)21(18,19)15-2-3-20-10(6-15)12(16)17/h4-5,10H,2-3,6H2,1H3,(H,16,17). The fourth-order valence-corrected chi connectivity index (χ4v) is 5.02. The molecule has 1 aliphatic heterocycles. The zero-order valence-electron chi connectivity index (χ0n) is 11.0. The van der Waals surface area contributed by atoms with E-state index in [1.165, 1.54) is 6.07 Å². The van der Waals surface area contributed by atoms with Gasteiger partial charge in [0.15, 0.2) is 6.10 Å². The number of aryl methyl sites for hydroxylation is 1. The van der Waals surface area contributed by atoms with Crippen LogP contribution in [0.2, 0.25) is 0 Å². The number of ether oxygens (including phenoxy) is 1. The Hall–Kier alpha value is -0.480. The Balaban J connectivity index is 2.38. The number of hydrogen-bond acceptors (Lipinski definition) is 4. The first kappa shape index (κ1) is 16.9. The molecule has 1 unspecified atom stereocenters. The topological polar surface area (TPSA) is 83.9 Å². The van der Waals surface area contributed by atoms with Crippen molar-refractivity contribution >= 4 is 47.9 Å². The van der Waals surface area contributed by atoms with Crippen LogP contribution in [0, 0.1) is 6.92 Å². The number of aliphatic carboxylic acids is 1. The van der Waals surface area contributed by atoms with Gasteiger partial charge in [-0.15, -0.1) is 0 Å². The van der Waals surface area contributed by atoms with Gasteiger partial charge in [-0.05, 0) is 40.5 Å². The van der Waals surface area contributed by atoms with Crippen LogP contribution in [-0.2, 0) is 19.6 Å². The van der Waals surface area contributed by atoms with Crippen molar-refractivity contribution in [1.82, 2.24) is 4.31 Å². The zero-order valence-corrected chi connectivity index (χ0v) is 15.0. The molecule has 0 amide bonds. The van der Waals surface area contributed by atoms with Crippen LogP contribution in [0.3, 0.4) is 0 Å². The number of nitrogens with zero attached hydrogens (tertiary/aromatic N) is 1. The van der Waals surface area contributed by atoms with E-state index in [1.807, 2.05) is 6.92 Å². The predicted molar refractivity (Wildman–Crippen MR) is 82.7 cm³/mol. The summed E-state index contributed by atoms with van der Waals surface area (Å²) in [7, 11) is -3.79. The highest BCUT2D eigenvalue weighted by Crippen LogP contribution is 2.31. The monoisotopic (exact) mass is 441 g/mol. The molecule has 21 heavy (non-hydrogen) atoms. The molecular formula is C12H13Br2NO5S. The van der Waals surface area contributed by atoms with Crippen molar-refractivity contribution in [2.75, 3.05) is 19.7 Å². The number of carboxylic acid groups (broad SMARTS) is 1. The van der Waals surface area contributed by atoms with Gasteiger partial charge in [0.1, 0.15) is 0 Å². The lowest BCUT2D eigenvalue weighted by Crippen LogP contribution is -2.48. The highest BCUT2D eigenvalue weighted by atomic mass is 79.9. The molecular weight excluding hydrogens is 430 g/mol.